The van der Waals surface area contributed by atoms with E-state index in [-0.39, 0.29) is 21.5 Å². The summed E-state index contributed by atoms with van der Waals surface area (Å²) in [5, 5.41) is 0.235. The smallest absolute Gasteiger partial charge is 0.437 e. The highest BCUT2D eigenvalue weighted by Gasteiger charge is 2.39. The van der Waals surface area contributed by atoms with Crippen molar-refractivity contribution in [1.29, 1.82) is 0 Å². The van der Waals surface area contributed by atoms with Crippen LogP contribution in [-0.2, 0) is 6.18 Å². The number of nitrogens with zero attached hydrogens (tertiary/aromatic N) is 3. The first-order valence-electron chi connectivity index (χ1n) is 6.86. The van der Waals surface area contributed by atoms with Crippen molar-refractivity contribution in [1.82, 2.24) is 19.9 Å². The quantitative estimate of drug-likeness (QED) is 0.704. The highest BCUT2D eigenvalue weighted by Crippen LogP contribution is 2.36. The minimum absolute atomic E-state index is 0.0313. The van der Waals surface area contributed by atoms with E-state index in [1.807, 2.05) is 0 Å². The fourth-order valence-corrected chi connectivity index (χ4v) is 2.24. The largest absolute Gasteiger partial charge is 0.449 e. The number of hydrogen-bond donors (Lipinski definition) is 1. The number of nitrogens with one attached hydrogen (secondary N) is 1. The average molecular weight is 403 g/mol. The van der Waals surface area contributed by atoms with Gasteiger partial charge in [0, 0.05) is 18.5 Å². The van der Waals surface area contributed by atoms with Gasteiger partial charge in [-0.05, 0) is 12.1 Å². The van der Waals surface area contributed by atoms with E-state index < -0.39 is 29.0 Å². The lowest BCUT2D eigenvalue weighted by atomic mass is 10.3. The van der Waals surface area contributed by atoms with E-state index in [2.05, 4.69) is 19.9 Å². The summed E-state index contributed by atoms with van der Waals surface area (Å²) in [7, 11) is 0. The summed E-state index contributed by atoms with van der Waals surface area (Å²) in [5.41, 5.74) is -2.68. The Bertz CT molecular complexity index is 1010. The molecule has 0 unspecified atom stereocenters. The Hall–Kier alpha value is -2.65. The monoisotopic (exact) mass is 402 g/mol. The van der Waals surface area contributed by atoms with Gasteiger partial charge in [0.15, 0.2) is 11.5 Å². The second kappa shape index (κ2) is 6.93. The highest BCUT2D eigenvalue weighted by atomic mass is 35.5. The molecule has 0 radical (unpaired) electrons. The Kier molecular flexibility index (Phi) is 4.84. The standard InChI is InChI=1S/C15H7Cl2F3N4O2/c16-8-2-1-7(5-9(8)17)26-11-12(15(18,19)20)23-13(24-14(11)25)10-6-21-3-4-22-10/h1-6H,(H,23,24,25). The van der Waals surface area contributed by atoms with Crippen LogP contribution in [0, 0.1) is 0 Å². The minimum Gasteiger partial charge on any atom is -0.449 e. The minimum atomic E-state index is -4.95. The molecule has 1 aromatic carbocycles. The first kappa shape index (κ1) is 18.2. The predicted octanol–water partition coefficient (Wildman–Crippen LogP) is 4.34. The molecular formula is C15H7Cl2F3N4O2. The molecule has 6 nitrogen and oxygen atoms in total. The fourth-order valence-electron chi connectivity index (χ4n) is 1.95. The molecule has 0 bridgehead atoms. The van der Waals surface area contributed by atoms with Gasteiger partial charge >= 0.3 is 6.18 Å². The van der Waals surface area contributed by atoms with Crippen LogP contribution in [0.2, 0.25) is 10.0 Å². The van der Waals surface area contributed by atoms with Gasteiger partial charge < -0.3 is 9.72 Å². The molecular weight excluding hydrogens is 396 g/mol. The summed E-state index contributed by atoms with van der Waals surface area (Å²) in [6, 6.07) is 3.77. The van der Waals surface area contributed by atoms with E-state index in [1.54, 1.807) is 0 Å². The normalized spacial score (nSPS) is 11.4. The first-order valence-corrected chi connectivity index (χ1v) is 7.62. The van der Waals surface area contributed by atoms with Gasteiger partial charge in [-0.2, -0.15) is 13.2 Å². The Balaban J connectivity index is 2.12. The number of benzene rings is 1. The molecule has 1 N–H and O–H groups in total. The summed E-state index contributed by atoms with van der Waals surface area (Å²) >= 11 is 11.6. The SMILES string of the molecule is O=c1[nH]c(-c2cnccn2)nc(C(F)(F)F)c1Oc1ccc(Cl)c(Cl)c1. The lowest BCUT2D eigenvalue weighted by molar-refractivity contribution is -0.142. The molecule has 0 atom stereocenters. The molecule has 0 saturated heterocycles. The Labute approximate surface area is 153 Å². The molecule has 0 amide bonds. The third-order valence-electron chi connectivity index (χ3n) is 3.06. The molecule has 11 heteroatoms. The van der Waals surface area contributed by atoms with Crippen LogP contribution in [-0.4, -0.2) is 19.9 Å². The molecule has 3 aromatic rings. The van der Waals surface area contributed by atoms with Gasteiger partial charge in [-0.15, -0.1) is 0 Å². The van der Waals surface area contributed by atoms with E-state index in [9.17, 15) is 18.0 Å². The molecule has 0 fully saturated rings. The maximum Gasteiger partial charge on any atom is 0.437 e. The van der Waals surface area contributed by atoms with Gasteiger partial charge in [0.25, 0.3) is 5.56 Å². The van der Waals surface area contributed by atoms with Gasteiger partial charge in [-0.3, -0.25) is 9.78 Å². The van der Waals surface area contributed by atoms with E-state index in [1.165, 1.54) is 30.6 Å². The van der Waals surface area contributed by atoms with Gasteiger partial charge in [-0.25, -0.2) is 9.97 Å². The first-order chi connectivity index (χ1) is 12.3. The number of rotatable bonds is 3. The van der Waals surface area contributed by atoms with Crippen LogP contribution in [0.3, 0.4) is 0 Å². The third-order valence-corrected chi connectivity index (χ3v) is 3.80. The van der Waals surface area contributed by atoms with Crippen molar-refractivity contribution in [3.63, 3.8) is 0 Å². The van der Waals surface area contributed by atoms with Crippen molar-refractivity contribution in [2.45, 2.75) is 6.18 Å². The second-order valence-corrected chi connectivity index (χ2v) is 5.67. The molecule has 3 rings (SSSR count). The molecule has 26 heavy (non-hydrogen) atoms. The maximum absolute atomic E-state index is 13.4. The number of H-pyrrole nitrogens is 1. The topological polar surface area (TPSA) is 80.8 Å². The van der Waals surface area contributed by atoms with Crippen molar-refractivity contribution in [2.24, 2.45) is 0 Å². The van der Waals surface area contributed by atoms with E-state index >= 15 is 0 Å². The summed E-state index contributed by atoms with van der Waals surface area (Å²) in [4.78, 5) is 25.4. The zero-order valence-electron chi connectivity index (χ0n) is 12.5. The summed E-state index contributed by atoms with van der Waals surface area (Å²) in [6.07, 6.45) is -1.20. The van der Waals surface area contributed by atoms with Gasteiger partial charge in [0.1, 0.15) is 11.4 Å². The number of aromatic amines is 1. The van der Waals surface area contributed by atoms with Gasteiger partial charge in [0.2, 0.25) is 5.75 Å². The highest BCUT2D eigenvalue weighted by molar-refractivity contribution is 6.42. The van der Waals surface area contributed by atoms with E-state index in [0.717, 1.165) is 6.20 Å². The van der Waals surface area contributed by atoms with Crippen LogP contribution >= 0.6 is 23.2 Å². The average Bonchev–Trinajstić information content (AvgIpc) is 2.59. The Morgan fingerprint density at radius 1 is 1.12 bits per heavy atom. The lowest BCUT2D eigenvalue weighted by Gasteiger charge is -2.13. The molecule has 2 heterocycles. The number of hydrogen-bond acceptors (Lipinski definition) is 5. The molecule has 2 aromatic heterocycles. The number of ether oxygens (including phenoxy) is 1. The van der Waals surface area contributed by atoms with E-state index in [0.29, 0.717) is 0 Å². The Morgan fingerprint density at radius 3 is 2.50 bits per heavy atom. The van der Waals surface area contributed by atoms with Crippen molar-refractivity contribution in [3.8, 4) is 23.0 Å². The van der Waals surface area contributed by atoms with E-state index in [4.69, 9.17) is 27.9 Å². The zero-order chi connectivity index (χ0) is 18.9. The van der Waals surface area contributed by atoms with Crippen LogP contribution in [0.1, 0.15) is 5.69 Å². The van der Waals surface area contributed by atoms with Crippen LogP contribution in [0.4, 0.5) is 13.2 Å². The van der Waals surface area contributed by atoms with Crippen LogP contribution < -0.4 is 10.3 Å². The molecule has 0 aliphatic rings. The molecule has 0 spiro atoms. The molecule has 134 valence electrons. The fraction of sp³-hybridized carbons (Fsp3) is 0.0667. The second-order valence-electron chi connectivity index (χ2n) is 4.86. The predicted molar refractivity (Wildman–Crippen MR) is 87.4 cm³/mol. The lowest BCUT2D eigenvalue weighted by Crippen LogP contribution is -2.21. The number of halogens is 5. The van der Waals surface area contributed by atoms with Crippen molar-refractivity contribution >= 4 is 23.2 Å². The molecule has 0 aliphatic carbocycles. The molecule has 0 aliphatic heterocycles. The summed E-state index contributed by atoms with van der Waals surface area (Å²) in [6.45, 7) is 0. The summed E-state index contributed by atoms with van der Waals surface area (Å²) in [5.74, 6) is -1.52. The van der Waals surface area contributed by atoms with Crippen LogP contribution in [0.5, 0.6) is 11.5 Å². The van der Waals surface area contributed by atoms with Gasteiger partial charge in [-0.1, -0.05) is 23.2 Å². The van der Waals surface area contributed by atoms with Crippen molar-refractivity contribution in [2.75, 3.05) is 0 Å². The number of alkyl halides is 3. The van der Waals surface area contributed by atoms with Crippen molar-refractivity contribution < 1.29 is 17.9 Å². The maximum atomic E-state index is 13.4. The Morgan fingerprint density at radius 2 is 1.88 bits per heavy atom. The van der Waals surface area contributed by atoms with Gasteiger partial charge in [0.05, 0.1) is 16.2 Å². The number of aromatic nitrogens is 4. The zero-order valence-corrected chi connectivity index (χ0v) is 14.0. The van der Waals surface area contributed by atoms with Crippen LogP contribution in [0.15, 0.2) is 41.6 Å². The van der Waals surface area contributed by atoms with Crippen LogP contribution in [0.25, 0.3) is 11.5 Å². The molecule has 0 saturated carbocycles. The summed E-state index contributed by atoms with van der Waals surface area (Å²) < 4.78 is 45.3. The van der Waals surface area contributed by atoms with Crippen molar-refractivity contribution in [3.05, 3.63) is 62.9 Å². The third kappa shape index (κ3) is 3.78.